The Morgan fingerprint density at radius 1 is 0.784 bits per heavy atom. The van der Waals surface area contributed by atoms with E-state index in [9.17, 15) is 8.78 Å². The lowest BCUT2D eigenvalue weighted by Crippen LogP contribution is -2.17. The maximum Gasteiger partial charge on any atom is 0.125 e. The zero-order chi connectivity index (χ0) is 25.3. The van der Waals surface area contributed by atoms with Crippen LogP contribution in [0.4, 0.5) is 25.8 Å². The van der Waals surface area contributed by atoms with Crippen molar-refractivity contribution in [1.29, 1.82) is 0 Å². The lowest BCUT2D eigenvalue weighted by molar-refractivity contribution is 0.628. The van der Waals surface area contributed by atoms with Crippen molar-refractivity contribution in [2.24, 2.45) is 0 Å². The molecule has 0 fully saturated rings. The second-order valence-electron chi connectivity index (χ2n) is 10.1. The Bertz CT molecular complexity index is 1800. The van der Waals surface area contributed by atoms with Crippen LogP contribution in [0.1, 0.15) is 18.9 Å². The minimum absolute atomic E-state index is 0.202. The van der Waals surface area contributed by atoms with Gasteiger partial charge in [-0.25, -0.2) is 8.78 Å². The van der Waals surface area contributed by atoms with Crippen molar-refractivity contribution in [3.05, 3.63) is 114 Å². The van der Waals surface area contributed by atoms with Gasteiger partial charge in [-0.15, -0.1) is 0 Å². The van der Waals surface area contributed by atoms with Gasteiger partial charge in [-0.1, -0.05) is 55.1 Å². The predicted octanol–water partition coefficient (Wildman–Crippen LogP) is 8.94. The van der Waals surface area contributed by atoms with E-state index < -0.39 is 5.83 Å². The maximum absolute atomic E-state index is 14.2. The van der Waals surface area contributed by atoms with E-state index >= 15 is 0 Å². The van der Waals surface area contributed by atoms with Crippen LogP contribution in [0.15, 0.2) is 103 Å². The predicted molar refractivity (Wildman–Crippen MR) is 151 cm³/mol. The lowest BCUT2D eigenvalue weighted by Gasteiger charge is -2.26. The monoisotopic (exact) mass is 488 g/mol. The molecule has 0 N–H and O–H groups in total. The van der Waals surface area contributed by atoms with Gasteiger partial charge in [-0.2, -0.15) is 0 Å². The van der Waals surface area contributed by atoms with Crippen molar-refractivity contribution in [2.75, 3.05) is 22.9 Å². The molecule has 0 amide bonds. The maximum atomic E-state index is 14.2. The van der Waals surface area contributed by atoms with Crippen molar-refractivity contribution in [3.8, 4) is 0 Å². The molecule has 2 heterocycles. The van der Waals surface area contributed by atoms with Crippen LogP contribution in [0.2, 0.25) is 0 Å². The lowest BCUT2D eigenvalue weighted by atomic mass is 9.92. The topological polar surface area (TPSA) is 6.48 Å². The molecule has 0 radical (unpaired) electrons. The van der Waals surface area contributed by atoms with Crippen LogP contribution >= 0.6 is 0 Å². The van der Waals surface area contributed by atoms with Gasteiger partial charge >= 0.3 is 0 Å². The van der Waals surface area contributed by atoms with Gasteiger partial charge in [0.2, 0.25) is 0 Å². The van der Waals surface area contributed by atoms with Crippen molar-refractivity contribution in [2.45, 2.75) is 19.8 Å². The molecule has 0 bridgehead atoms. The summed E-state index contributed by atoms with van der Waals surface area (Å²) in [7, 11) is 0. The average molecular weight is 489 g/mol. The Hall–Kier alpha value is -4.18. The van der Waals surface area contributed by atoms with E-state index in [1.807, 2.05) is 12.1 Å². The third-order valence-corrected chi connectivity index (χ3v) is 8.08. The highest BCUT2D eigenvalue weighted by Gasteiger charge is 2.25. The zero-order valence-electron chi connectivity index (χ0n) is 20.7. The Morgan fingerprint density at radius 3 is 2.08 bits per heavy atom. The van der Waals surface area contributed by atoms with E-state index in [1.54, 1.807) is 12.1 Å². The van der Waals surface area contributed by atoms with E-state index in [-0.39, 0.29) is 5.82 Å². The van der Waals surface area contributed by atoms with Crippen LogP contribution in [0.3, 0.4) is 0 Å². The molecule has 2 aliphatic rings. The first-order valence-electron chi connectivity index (χ1n) is 12.8. The fourth-order valence-corrected chi connectivity index (χ4v) is 6.29. The fourth-order valence-electron chi connectivity index (χ4n) is 6.29. The van der Waals surface area contributed by atoms with Crippen LogP contribution in [0.5, 0.6) is 0 Å². The summed E-state index contributed by atoms with van der Waals surface area (Å²) in [4.78, 5) is 4.60. The summed E-state index contributed by atoms with van der Waals surface area (Å²) in [6.07, 6.45) is 5.06. The van der Waals surface area contributed by atoms with Crippen LogP contribution in [0.25, 0.3) is 32.3 Å². The van der Waals surface area contributed by atoms with Gasteiger partial charge in [0.05, 0.1) is 0 Å². The summed E-state index contributed by atoms with van der Waals surface area (Å²) in [6, 6.07) is 22.7. The average Bonchev–Trinajstić information content (AvgIpc) is 3.48. The molecule has 2 aliphatic heterocycles. The van der Waals surface area contributed by atoms with Crippen molar-refractivity contribution >= 4 is 49.4 Å². The minimum atomic E-state index is -0.430. The van der Waals surface area contributed by atoms with Crippen LogP contribution in [-0.2, 0) is 6.42 Å². The number of fused-ring (bicyclic) bond motifs is 1. The molecule has 0 atom stereocenters. The molecule has 0 saturated carbocycles. The summed E-state index contributed by atoms with van der Waals surface area (Å²) in [5.41, 5.74) is 6.71. The standard InChI is InChI=1S/C33H26F2N2/c1-20(34)3-4-22-15-17-36(21(22)2)29-13-8-24-7-12-28-30(14-9-25-6-11-27(29)32(24)33(25)28)37-18-16-23-5-10-26(35)19-31(23)37/h3-14,19H,1,15-18H2,2H3/b4-3-. The number of halogens is 2. The number of anilines is 3. The number of allylic oxidation sites excluding steroid dienone is 4. The van der Waals surface area contributed by atoms with Gasteiger partial charge in [0.25, 0.3) is 0 Å². The van der Waals surface area contributed by atoms with Gasteiger partial charge < -0.3 is 9.80 Å². The van der Waals surface area contributed by atoms with E-state index in [4.69, 9.17) is 0 Å². The normalized spacial score (nSPS) is 15.9. The highest BCUT2D eigenvalue weighted by Crippen LogP contribution is 2.45. The van der Waals surface area contributed by atoms with Gasteiger partial charge in [-0.05, 0) is 82.8 Å². The molecule has 5 aromatic carbocycles. The molecule has 0 aliphatic carbocycles. The van der Waals surface area contributed by atoms with E-state index in [0.29, 0.717) is 0 Å². The molecule has 0 aromatic heterocycles. The summed E-state index contributed by atoms with van der Waals surface area (Å²) < 4.78 is 27.4. The van der Waals surface area contributed by atoms with E-state index in [1.165, 1.54) is 49.6 Å². The third-order valence-electron chi connectivity index (χ3n) is 8.08. The second kappa shape index (κ2) is 8.17. The number of hydrogen-bond donors (Lipinski definition) is 0. The Balaban J connectivity index is 1.42. The molecule has 2 nitrogen and oxygen atoms in total. The van der Waals surface area contributed by atoms with Crippen LogP contribution in [-0.4, -0.2) is 13.1 Å². The molecular formula is C33H26F2N2. The number of nitrogens with zero attached hydrogens (tertiary/aromatic N) is 2. The van der Waals surface area contributed by atoms with Crippen molar-refractivity contribution < 1.29 is 8.78 Å². The van der Waals surface area contributed by atoms with Gasteiger partial charge in [0, 0.05) is 46.6 Å². The summed E-state index contributed by atoms with van der Waals surface area (Å²) in [5, 5.41) is 7.29. The summed E-state index contributed by atoms with van der Waals surface area (Å²) in [5.74, 6) is -0.632. The SMILES string of the molecule is C=C(F)/C=C\C1=C(C)N(c2ccc3ccc4c(N5CCc6ccc(F)cc65)ccc5ccc2c3c54)CC1. The highest BCUT2D eigenvalue weighted by atomic mass is 19.1. The highest BCUT2D eigenvalue weighted by molar-refractivity contribution is 6.27. The molecule has 0 spiro atoms. The first-order chi connectivity index (χ1) is 18.0. The van der Waals surface area contributed by atoms with Gasteiger partial charge in [0.1, 0.15) is 11.6 Å². The minimum Gasteiger partial charge on any atom is -0.344 e. The molecule has 182 valence electrons. The Morgan fingerprint density at radius 2 is 1.41 bits per heavy atom. The zero-order valence-corrected chi connectivity index (χ0v) is 20.7. The number of benzene rings is 5. The summed E-state index contributed by atoms with van der Waals surface area (Å²) in [6.45, 7) is 7.15. The molecule has 5 aromatic rings. The largest absolute Gasteiger partial charge is 0.344 e. The second-order valence-corrected chi connectivity index (χ2v) is 10.1. The first kappa shape index (κ1) is 22.1. The number of hydrogen-bond acceptors (Lipinski definition) is 2. The van der Waals surface area contributed by atoms with Gasteiger partial charge in [0.15, 0.2) is 0 Å². The Kier molecular flexibility index (Phi) is 4.87. The molecule has 0 saturated heterocycles. The van der Waals surface area contributed by atoms with Crippen molar-refractivity contribution in [3.63, 3.8) is 0 Å². The van der Waals surface area contributed by atoms with Crippen LogP contribution in [0, 0.1) is 5.82 Å². The van der Waals surface area contributed by atoms with E-state index in [0.717, 1.165) is 48.6 Å². The molecule has 37 heavy (non-hydrogen) atoms. The first-order valence-corrected chi connectivity index (χ1v) is 12.8. The summed E-state index contributed by atoms with van der Waals surface area (Å²) >= 11 is 0. The smallest absolute Gasteiger partial charge is 0.125 e. The quantitative estimate of drug-likeness (QED) is 0.184. The molecular weight excluding hydrogens is 462 g/mol. The van der Waals surface area contributed by atoms with Crippen LogP contribution < -0.4 is 9.80 Å². The number of rotatable bonds is 4. The molecule has 4 heteroatoms. The Labute approximate surface area is 214 Å². The van der Waals surface area contributed by atoms with Crippen molar-refractivity contribution in [1.82, 2.24) is 0 Å². The van der Waals surface area contributed by atoms with Gasteiger partial charge in [-0.3, -0.25) is 0 Å². The molecule has 7 rings (SSSR count). The fraction of sp³-hybridized carbons (Fsp3) is 0.152. The van der Waals surface area contributed by atoms with E-state index in [2.05, 4.69) is 71.8 Å². The molecule has 0 unspecified atom stereocenters. The third kappa shape index (κ3) is 3.36.